The molecule has 1 N–H and O–H groups in total. The summed E-state index contributed by atoms with van der Waals surface area (Å²) < 4.78 is 19.0. The molecule has 1 amide bonds. The van der Waals surface area contributed by atoms with Crippen molar-refractivity contribution in [2.45, 2.75) is 25.8 Å². The van der Waals surface area contributed by atoms with Crippen molar-refractivity contribution in [2.24, 2.45) is 0 Å². The molecular weight excluding hydrogens is 337 g/mol. The monoisotopic (exact) mass is 355 g/mol. The molecule has 0 radical (unpaired) electrons. The molecule has 0 unspecified atom stereocenters. The van der Waals surface area contributed by atoms with Crippen LogP contribution in [0.1, 0.15) is 49.5 Å². The van der Waals surface area contributed by atoms with Crippen LogP contribution in [0.25, 0.3) is 11.1 Å². The Kier molecular flexibility index (Phi) is 4.84. The highest BCUT2D eigenvalue weighted by atomic mass is 19.1. The zero-order valence-electron chi connectivity index (χ0n) is 14.5. The fraction of sp³-hybridized carbons (Fsp3) is 0.250. The third kappa shape index (κ3) is 3.49. The van der Waals surface area contributed by atoms with E-state index in [2.05, 4.69) is 10.1 Å². The first-order valence-electron chi connectivity index (χ1n) is 8.23. The van der Waals surface area contributed by atoms with E-state index in [9.17, 15) is 18.8 Å². The lowest BCUT2D eigenvalue weighted by molar-refractivity contribution is 0.0600. The number of carbonyl (C=O) groups is 3. The average Bonchev–Trinajstić information content (AvgIpc) is 3.46. The number of methoxy groups -OCH3 is 1. The van der Waals surface area contributed by atoms with Gasteiger partial charge in [0.05, 0.1) is 12.7 Å². The molecule has 1 saturated carbocycles. The van der Waals surface area contributed by atoms with Crippen molar-refractivity contribution < 1.29 is 23.5 Å². The summed E-state index contributed by atoms with van der Waals surface area (Å²) in [5.74, 6) is -1.44. The number of hydrogen-bond donors (Lipinski definition) is 1. The van der Waals surface area contributed by atoms with E-state index >= 15 is 0 Å². The fourth-order valence-corrected chi connectivity index (χ4v) is 2.74. The smallest absolute Gasteiger partial charge is 0.337 e. The number of halogens is 1. The van der Waals surface area contributed by atoms with Crippen molar-refractivity contribution in [1.82, 2.24) is 5.32 Å². The molecule has 1 aliphatic rings. The van der Waals surface area contributed by atoms with Crippen LogP contribution in [0.15, 0.2) is 30.3 Å². The number of esters is 1. The summed E-state index contributed by atoms with van der Waals surface area (Å²) in [4.78, 5) is 35.4. The van der Waals surface area contributed by atoms with E-state index < -0.39 is 11.8 Å². The number of hydrogen-bond acceptors (Lipinski definition) is 4. The van der Waals surface area contributed by atoms with Crippen LogP contribution in [0.4, 0.5) is 4.39 Å². The first-order chi connectivity index (χ1) is 12.4. The topological polar surface area (TPSA) is 72.5 Å². The van der Waals surface area contributed by atoms with E-state index in [-0.39, 0.29) is 28.6 Å². The van der Waals surface area contributed by atoms with E-state index in [0.29, 0.717) is 23.0 Å². The second kappa shape index (κ2) is 7.07. The van der Waals surface area contributed by atoms with Crippen LogP contribution in [0.5, 0.6) is 0 Å². The lowest BCUT2D eigenvalue weighted by atomic mass is 9.93. The maximum atomic E-state index is 14.4. The third-order valence-corrected chi connectivity index (χ3v) is 4.41. The molecule has 2 aromatic carbocycles. The summed E-state index contributed by atoms with van der Waals surface area (Å²) >= 11 is 0. The van der Waals surface area contributed by atoms with Crippen LogP contribution in [0.2, 0.25) is 0 Å². The molecule has 26 heavy (non-hydrogen) atoms. The van der Waals surface area contributed by atoms with Gasteiger partial charge in [-0.15, -0.1) is 0 Å². The molecule has 2 aromatic rings. The van der Waals surface area contributed by atoms with Gasteiger partial charge < -0.3 is 10.1 Å². The Morgan fingerprint density at radius 1 is 1.15 bits per heavy atom. The molecule has 0 atom stereocenters. The van der Waals surface area contributed by atoms with Crippen molar-refractivity contribution in [2.75, 3.05) is 7.11 Å². The van der Waals surface area contributed by atoms with Crippen LogP contribution in [-0.4, -0.2) is 31.3 Å². The molecule has 5 nitrogen and oxygen atoms in total. The van der Waals surface area contributed by atoms with Crippen molar-refractivity contribution in [3.8, 4) is 11.1 Å². The van der Waals surface area contributed by atoms with Crippen molar-refractivity contribution in [3.63, 3.8) is 0 Å². The van der Waals surface area contributed by atoms with Crippen molar-refractivity contribution >= 4 is 18.2 Å². The standard InChI is InChI=1S/C20H18FNO4/c1-11-17(8-13(9-18(11)21)19(24)22-15-4-5-15)16-6-3-12(20(25)26-2)7-14(16)10-23/h3,6-10,15H,4-5H2,1-2H3,(H,22,24). The third-order valence-electron chi connectivity index (χ3n) is 4.41. The molecule has 134 valence electrons. The first-order valence-corrected chi connectivity index (χ1v) is 8.23. The van der Waals surface area contributed by atoms with E-state index in [1.54, 1.807) is 19.1 Å². The van der Waals surface area contributed by atoms with Gasteiger partial charge in [0.25, 0.3) is 5.91 Å². The summed E-state index contributed by atoms with van der Waals surface area (Å²) in [6, 6.07) is 7.36. The van der Waals surface area contributed by atoms with Gasteiger partial charge in [0.2, 0.25) is 0 Å². The summed E-state index contributed by atoms with van der Waals surface area (Å²) in [6.07, 6.45) is 2.45. The lowest BCUT2D eigenvalue weighted by Gasteiger charge is -2.13. The van der Waals surface area contributed by atoms with Crippen molar-refractivity contribution in [3.05, 3.63) is 58.4 Å². The van der Waals surface area contributed by atoms with Gasteiger partial charge in [0.15, 0.2) is 6.29 Å². The second-order valence-corrected chi connectivity index (χ2v) is 6.29. The summed E-state index contributed by atoms with van der Waals surface area (Å²) in [5.41, 5.74) is 1.84. The predicted molar refractivity (Wildman–Crippen MR) is 93.8 cm³/mol. The Labute approximate surface area is 150 Å². The summed E-state index contributed by atoms with van der Waals surface area (Å²) in [5, 5.41) is 2.82. The zero-order valence-corrected chi connectivity index (χ0v) is 14.5. The van der Waals surface area contributed by atoms with E-state index in [4.69, 9.17) is 0 Å². The minimum atomic E-state index is -0.569. The highest BCUT2D eigenvalue weighted by molar-refractivity contribution is 5.99. The molecule has 0 spiro atoms. The Morgan fingerprint density at radius 2 is 1.88 bits per heavy atom. The summed E-state index contributed by atoms with van der Waals surface area (Å²) in [7, 11) is 1.25. The van der Waals surface area contributed by atoms with Crippen LogP contribution in [0, 0.1) is 12.7 Å². The summed E-state index contributed by atoms with van der Waals surface area (Å²) in [6.45, 7) is 1.58. The van der Waals surface area contributed by atoms with E-state index in [1.165, 1.54) is 25.3 Å². The molecule has 6 heteroatoms. The Hall–Kier alpha value is -3.02. The number of carbonyl (C=O) groups excluding carboxylic acids is 3. The SMILES string of the molecule is COC(=O)c1ccc(-c2cc(C(=O)NC3CC3)cc(F)c2C)c(C=O)c1. The van der Waals surface area contributed by atoms with Crippen molar-refractivity contribution in [1.29, 1.82) is 0 Å². The van der Waals surface area contributed by atoms with Crippen LogP contribution in [0.3, 0.4) is 0 Å². The molecule has 0 saturated heterocycles. The maximum Gasteiger partial charge on any atom is 0.337 e. The maximum absolute atomic E-state index is 14.4. The highest BCUT2D eigenvalue weighted by Gasteiger charge is 2.25. The van der Waals surface area contributed by atoms with Crippen LogP contribution in [-0.2, 0) is 4.74 Å². The normalized spacial score (nSPS) is 13.2. The molecule has 0 bridgehead atoms. The average molecular weight is 355 g/mol. The Morgan fingerprint density at radius 3 is 2.50 bits per heavy atom. The molecule has 0 aliphatic heterocycles. The molecule has 1 fully saturated rings. The van der Waals surface area contributed by atoms with Crippen LogP contribution >= 0.6 is 0 Å². The molecular formula is C20H18FNO4. The van der Waals surface area contributed by atoms with Crippen LogP contribution < -0.4 is 5.32 Å². The van der Waals surface area contributed by atoms with Gasteiger partial charge in [-0.05, 0) is 60.7 Å². The Balaban J connectivity index is 2.07. The number of benzene rings is 2. The van der Waals surface area contributed by atoms with E-state index in [1.807, 2.05) is 0 Å². The minimum absolute atomic E-state index is 0.153. The molecule has 0 heterocycles. The highest BCUT2D eigenvalue weighted by Crippen LogP contribution is 2.30. The van der Waals surface area contributed by atoms with Gasteiger partial charge in [-0.3, -0.25) is 9.59 Å². The number of aldehydes is 1. The fourth-order valence-electron chi connectivity index (χ4n) is 2.74. The van der Waals surface area contributed by atoms with Gasteiger partial charge in [-0.25, -0.2) is 9.18 Å². The largest absolute Gasteiger partial charge is 0.465 e. The van der Waals surface area contributed by atoms with Gasteiger partial charge in [-0.1, -0.05) is 6.07 Å². The predicted octanol–water partition coefficient (Wildman–Crippen LogP) is 3.29. The first kappa shape index (κ1) is 17.8. The Bertz CT molecular complexity index is 903. The quantitative estimate of drug-likeness (QED) is 0.660. The molecule has 3 rings (SSSR count). The molecule has 0 aromatic heterocycles. The molecule has 1 aliphatic carbocycles. The lowest BCUT2D eigenvalue weighted by Crippen LogP contribution is -2.25. The minimum Gasteiger partial charge on any atom is -0.465 e. The number of rotatable bonds is 5. The van der Waals surface area contributed by atoms with Gasteiger partial charge in [0.1, 0.15) is 5.82 Å². The van der Waals surface area contributed by atoms with Gasteiger partial charge in [-0.2, -0.15) is 0 Å². The van der Waals surface area contributed by atoms with Gasteiger partial charge in [0, 0.05) is 17.2 Å². The zero-order chi connectivity index (χ0) is 18.8. The van der Waals surface area contributed by atoms with Gasteiger partial charge >= 0.3 is 5.97 Å². The van der Waals surface area contributed by atoms with E-state index in [0.717, 1.165) is 12.8 Å². The second-order valence-electron chi connectivity index (χ2n) is 6.29. The number of nitrogens with one attached hydrogen (secondary N) is 1. The number of ether oxygens (including phenoxy) is 1. The number of amides is 1.